The molecule has 0 fully saturated rings. The molecule has 0 saturated heterocycles. The molecule has 3 aromatic rings. The zero-order valence-corrected chi connectivity index (χ0v) is 16.5. The minimum absolute atomic E-state index is 0.0828. The lowest BCUT2D eigenvalue weighted by Crippen LogP contribution is -2.38. The minimum atomic E-state index is -0.0828. The van der Waals surface area contributed by atoms with Gasteiger partial charge in [0.15, 0.2) is 0 Å². The second kappa shape index (κ2) is 6.94. The molecule has 1 aliphatic rings. The second-order valence-electron chi connectivity index (χ2n) is 7.38. The van der Waals surface area contributed by atoms with E-state index in [1.54, 1.807) is 12.4 Å². The third-order valence-corrected chi connectivity index (χ3v) is 5.81. The van der Waals surface area contributed by atoms with Crippen LogP contribution in [0.1, 0.15) is 42.4 Å². The summed E-state index contributed by atoms with van der Waals surface area (Å²) in [4.78, 5) is 2.51. The van der Waals surface area contributed by atoms with Crippen LogP contribution >= 0.6 is 11.6 Å². The highest BCUT2D eigenvalue weighted by atomic mass is 35.5. The normalized spacial score (nSPS) is 19.0. The summed E-state index contributed by atoms with van der Waals surface area (Å²) in [6.07, 6.45) is 8.46. The van der Waals surface area contributed by atoms with Gasteiger partial charge in [0.05, 0.1) is 16.9 Å². The number of hydrogen-bond acceptors (Lipinski definition) is 4. The van der Waals surface area contributed by atoms with Crippen LogP contribution in [0.25, 0.3) is 6.08 Å². The van der Waals surface area contributed by atoms with Crippen molar-refractivity contribution in [2.45, 2.75) is 31.8 Å². The quantitative estimate of drug-likeness (QED) is 0.730. The molecule has 7 heteroatoms. The number of nitrogens with one attached hydrogen (secondary N) is 1. The summed E-state index contributed by atoms with van der Waals surface area (Å²) in [7, 11) is 1.95. The van der Waals surface area contributed by atoms with Crippen molar-refractivity contribution >= 4 is 17.7 Å². The van der Waals surface area contributed by atoms with E-state index in [1.165, 1.54) is 11.1 Å². The maximum absolute atomic E-state index is 6.41. The highest BCUT2D eigenvalue weighted by Gasteiger charge is 2.43. The van der Waals surface area contributed by atoms with E-state index < -0.39 is 0 Å². The van der Waals surface area contributed by atoms with Crippen molar-refractivity contribution in [3.8, 4) is 0 Å². The van der Waals surface area contributed by atoms with Crippen LogP contribution < -0.4 is 0 Å². The molecule has 27 heavy (non-hydrogen) atoms. The topological polar surface area (TPSA) is 62.6 Å². The van der Waals surface area contributed by atoms with Gasteiger partial charge in [-0.1, -0.05) is 47.2 Å². The first kappa shape index (κ1) is 17.9. The molecule has 1 atom stereocenters. The van der Waals surface area contributed by atoms with Gasteiger partial charge >= 0.3 is 0 Å². The lowest BCUT2D eigenvalue weighted by atomic mass is 9.93. The number of aromatic amines is 1. The Labute approximate surface area is 163 Å². The van der Waals surface area contributed by atoms with E-state index in [-0.39, 0.29) is 11.6 Å². The summed E-state index contributed by atoms with van der Waals surface area (Å²) >= 11 is 6.41. The maximum Gasteiger partial charge on any atom is 0.105 e. The Hall–Kier alpha value is -2.44. The molecule has 1 aliphatic heterocycles. The minimum Gasteiger partial charge on any atom is -0.283 e. The predicted molar refractivity (Wildman–Crippen MR) is 106 cm³/mol. The summed E-state index contributed by atoms with van der Waals surface area (Å²) < 4.78 is 1.87. The standard InChI is InChI=1S/C20H23ClN6/c1-20(2)16-9-5-4-8-15(16)18(11-19-17(21)13-23-26(19)3)27(20)10-6-7-14-12-22-25-24-14/h4-9,12-13,18H,10-11H2,1-3H3,(H,22,24,25)/b7-6+. The average molecular weight is 383 g/mol. The number of rotatable bonds is 5. The molecule has 0 radical (unpaired) electrons. The molecule has 1 aromatic carbocycles. The molecule has 140 valence electrons. The molecule has 6 nitrogen and oxygen atoms in total. The van der Waals surface area contributed by atoms with Crippen LogP contribution in [-0.4, -0.2) is 36.6 Å². The zero-order chi connectivity index (χ0) is 19.0. The van der Waals surface area contributed by atoms with Gasteiger partial charge in [0.25, 0.3) is 0 Å². The molecular formula is C20H23ClN6. The summed E-state index contributed by atoms with van der Waals surface area (Å²) in [5.74, 6) is 0. The highest BCUT2D eigenvalue weighted by molar-refractivity contribution is 6.31. The molecule has 0 amide bonds. The van der Waals surface area contributed by atoms with E-state index in [2.05, 4.69) is 69.6 Å². The van der Waals surface area contributed by atoms with Crippen molar-refractivity contribution in [2.24, 2.45) is 7.05 Å². The Bertz CT molecular complexity index is 937. The van der Waals surface area contributed by atoms with Crippen molar-refractivity contribution in [1.29, 1.82) is 0 Å². The summed E-state index contributed by atoms with van der Waals surface area (Å²) in [5, 5.41) is 15.5. The van der Waals surface area contributed by atoms with Crippen molar-refractivity contribution in [3.05, 3.63) is 70.3 Å². The zero-order valence-electron chi connectivity index (χ0n) is 15.7. The van der Waals surface area contributed by atoms with E-state index in [9.17, 15) is 0 Å². The predicted octanol–water partition coefficient (Wildman–Crippen LogP) is 3.74. The van der Waals surface area contributed by atoms with Crippen molar-refractivity contribution < 1.29 is 0 Å². The number of H-pyrrole nitrogens is 1. The molecule has 0 saturated carbocycles. The van der Waals surface area contributed by atoms with Crippen LogP contribution in [0.3, 0.4) is 0 Å². The van der Waals surface area contributed by atoms with Gasteiger partial charge in [-0.2, -0.15) is 5.10 Å². The Kier molecular flexibility index (Phi) is 4.61. The van der Waals surface area contributed by atoms with Gasteiger partial charge < -0.3 is 0 Å². The van der Waals surface area contributed by atoms with E-state index in [0.717, 1.165) is 29.4 Å². The van der Waals surface area contributed by atoms with Crippen LogP contribution in [0.5, 0.6) is 0 Å². The second-order valence-corrected chi connectivity index (χ2v) is 7.79. The van der Waals surface area contributed by atoms with Crippen LogP contribution in [0.15, 0.2) is 42.7 Å². The number of fused-ring (bicyclic) bond motifs is 1. The first-order chi connectivity index (χ1) is 13.0. The smallest absolute Gasteiger partial charge is 0.105 e. The lowest BCUT2D eigenvalue weighted by Gasteiger charge is -2.35. The maximum atomic E-state index is 6.41. The monoisotopic (exact) mass is 382 g/mol. The molecule has 1 unspecified atom stereocenters. The SMILES string of the molecule is Cn1ncc(Cl)c1CC1c2ccccc2C(C)(C)N1C/C=C/c1c[nH]nn1. The van der Waals surface area contributed by atoms with Gasteiger partial charge in [-0.15, -0.1) is 5.10 Å². The van der Waals surface area contributed by atoms with Crippen LogP contribution in [0.2, 0.25) is 5.02 Å². The fraction of sp³-hybridized carbons (Fsp3) is 0.350. The Morgan fingerprint density at radius 1 is 1.30 bits per heavy atom. The lowest BCUT2D eigenvalue weighted by molar-refractivity contribution is 0.109. The Morgan fingerprint density at radius 3 is 2.81 bits per heavy atom. The third kappa shape index (κ3) is 3.19. The van der Waals surface area contributed by atoms with Gasteiger partial charge in [-0.3, -0.25) is 14.7 Å². The van der Waals surface area contributed by atoms with Crippen molar-refractivity contribution in [1.82, 2.24) is 30.1 Å². The Balaban J connectivity index is 1.68. The summed E-state index contributed by atoms with van der Waals surface area (Å²) in [6, 6.07) is 8.92. The average Bonchev–Trinajstić information content (AvgIpc) is 3.32. The number of benzene rings is 1. The van der Waals surface area contributed by atoms with E-state index in [4.69, 9.17) is 11.6 Å². The van der Waals surface area contributed by atoms with Crippen LogP contribution in [0, 0.1) is 0 Å². The number of nitrogens with zero attached hydrogens (tertiary/aromatic N) is 5. The largest absolute Gasteiger partial charge is 0.283 e. The fourth-order valence-corrected chi connectivity index (χ4v) is 4.30. The highest BCUT2D eigenvalue weighted by Crippen LogP contribution is 2.47. The van der Waals surface area contributed by atoms with Crippen molar-refractivity contribution in [2.75, 3.05) is 6.54 Å². The number of halogens is 1. The Morgan fingerprint density at radius 2 is 2.11 bits per heavy atom. The number of aromatic nitrogens is 5. The molecule has 0 bridgehead atoms. The first-order valence-corrected chi connectivity index (χ1v) is 9.42. The van der Waals surface area contributed by atoms with Gasteiger partial charge in [0.2, 0.25) is 0 Å². The first-order valence-electron chi connectivity index (χ1n) is 9.04. The molecule has 0 spiro atoms. The molecule has 0 aliphatic carbocycles. The van der Waals surface area contributed by atoms with Gasteiger partial charge in [0.1, 0.15) is 5.69 Å². The van der Waals surface area contributed by atoms with Gasteiger partial charge in [0, 0.05) is 37.8 Å². The molecule has 4 rings (SSSR count). The molecule has 2 aromatic heterocycles. The van der Waals surface area contributed by atoms with E-state index in [1.807, 2.05) is 17.8 Å². The van der Waals surface area contributed by atoms with Crippen LogP contribution in [0.4, 0.5) is 0 Å². The van der Waals surface area contributed by atoms with Crippen molar-refractivity contribution in [3.63, 3.8) is 0 Å². The molecule has 3 heterocycles. The number of aryl methyl sites for hydroxylation is 1. The molecule has 1 N–H and O–H groups in total. The fourth-order valence-electron chi connectivity index (χ4n) is 4.06. The van der Waals surface area contributed by atoms with Crippen LogP contribution in [-0.2, 0) is 19.0 Å². The van der Waals surface area contributed by atoms with E-state index >= 15 is 0 Å². The van der Waals surface area contributed by atoms with Gasteiger partial charge in [-0.25, -0.2) is 0 Å². The summed E-state index contributed by atoms with van der Waals surface area (Å²) in [6.45, 7) is 5.36. The molecular weight excluding hydrogens is 360 g/mol. The third-order valence-electron chi connectivity index (χ3n) is 5.50. The van der Waals surface area contributed by atoms with Gasteiger partial charge in [-0.05, 0) is 31.1 Å². The number of hydrogen-bond donors (Lipinski definition) is 1. The van der Waals surface area contributed by atoms with E-state index in [0.29, 0.717) is 0 Å². The summed E-state index contributed by atoms with van der Waals surface area (Å²) in [5.41, 5.74) is 4.52.